The summed E-state index contributed by atoms with van der Waals surface area (Å²) >= 11 is 0. The minimum Gasteiger partial charge on any atom is -0.379 e. The molecule has 0 aliphatic carbocycles. The van der Waals surface area contributed by atoms with Crippen molar-refractivity contribution in [1.82, 2.24) is 15.1 Å². The van der Waals surface area contributed by atoms with Gasteiger partial charge in [0.25, 0.3) is 0 Å². The molecule has 1 unspecified atom stereocenters. The third kappa shape index (κ3) is 5.74. The van der Waals surface area contributed by atoms with Gasteiger partial charge in [-0.3, -0.25) is 14.5 Å². The van der Waals surface area contributed by atoms with E-state index in [4.69, 9.17) is 4.74 Å². The highest BCUT2D eigenvalue weighted by molar-refractivity contribution is 7.91. The summed E-state index contributed by atoms with van der Waals surface area (Å²) in [4.78, 5) is 27.5. The van der Waals surface area contributed by atoms with Crippen LogP contribution in [-0.4, -0.2) is 94.0 Å². The Hall–Kier alpha value is -1.19. The minimum absolute atomic E-state index is 0.00606. The molecule has 0 bridgehead atoms. The van der Waals surface area contributed by atoms with Crippen LogP contribution in [0.15, 0.2) is 0 Å². The van der Waals surface area contributed by atoms with E-state index in [0.717, 1.165) is 19.6 Å². The van der Waals surface area contributed by atoms with Crippen LogP contribution in [0.5, 0.6) is 0 Å². The van der Waals surface area contributed by atoms with Gasteiger partial charge in [-0.2, -0.15) is 0 Å². The highest BCUT2D eigenvalue weighted by Gasteiger charge is 2.33. The van der Waals surface area contributed by atoms with Gasteiger partial charge >= 0.3 is 0 Å². The largest absolute Gasteiger partial charge is 0.379 e. The van der Waals surface area contributed by atoms with Crippen molar-refractivity contribution >= 4 is 21.7 Å². The third-order valence-electron chi connectivity index (χ3n) is 4.32. The molecule has 2 amide bonds. The molecule has 23 heavy (non-hydrogen) atoms. The van der Waals surface area contributed by atoms with Gasteiger partial charge in [-0.1, -0.05) is 0 Å². The standard InChI is InChI=1S/C14H25N3O5S/c1-16(12-2-9-23(20,21)11-12)14(19)10-13(18)15-3-4-17-5-7-22-8-6-17/h12H,2-11H2,1H3,(H,15,18). The molecular formula is C14H25N3O5S. The Bertz CT molecular complexity index is 531. The lowest BCUT2D eigenvalue weighted by Crippen LogP contribution is -2.43. The Morgan fingerprint density at radius 3 is 2.61 bits per heavy atom. The number of carbonyl (C=O) groups is 2. The molecule has 2 aliphatic heterocycles. The van der Waals surface area contributed by atoms with Crippen LogP contribution in [0.4, 0.5) is 0 Å². The molecule has 2 saturated heterocycles. The van der Waals surface area contributed by atoms with Gasteiger partial charge in [0.05, 0.1) is 24.7 Å². The molecule has 0 aromatic rings. The predicted octanol–water partition coefficient (Wildman–Crippen LogP) is -1.53. The van der Waals surface area contributed by atoms with Gasteiger partial charge in [0.2, 0.25) is 11.8 Å². The van der Waals surface area contributed by atoms with Crippen LogP contribution in [0, 0.1) is 0 Å². The van der Waals surface area contributed by atoms with Crippen LogP contribution in [-0.2, 0) is 24.2 Å². The Labute approximate surface area is 137 Å². The maximum Gasteiger partial charge on any atom is 0.232 e. The van der Waals surface area contributed by atoms with Crippen molar-refractivity contribution in [2.45, 2.75) is 18.9 Å². The zero-order valence-corrected chi connectivity index (χ0v) is 14.3. The van der Waals surface area contributed by atoms with Crippen LogP contribution in [0.2, 0.25) is 0 Å². The molecule has 2 heterocycles. The van der Waals surface area contributed by atoms with Gasteiger partial charge in [-0.25, -0.2) is 8.42 Å². The van der Waals surface area contributed by atoms with Gasteiger partial charge in [-0.05, 0) is 6.42 Å². The van der Waals surface area contributed by atoms with Gasteiger partial charge in [0, 0.05) is 39.3 Å². The Morgan fingerprint density at radius 2 is 2.00 bits per heavy atom. The maximum atomic E-state index is 12.1. The zero-order chi connectivity index (χ0) is 16.9. The van der Waals surface area contributed by atoms with E-state index in [9.17, 15) is 18.0 Å². The SMILES string of the molecule is CN(C(=O)CC(=O)NCCN1CCOCC1)C1CCS(=O)(=O)C1. The third-order valence-corrected chi connectivity index (χ3v) is 6.07. The van der Waals surface area contributed by atoms with Crippen LogP contribution >= 0.6 is 0 Å². The first-order valence-electron chi connectivity index (χ1n) is 7.90. The lowest BCUT2D eigenvalue weighted by atomic mass is 10.2. The number of rotatable bonds is 6. The highest BCUT2D eigenvalue weighted by atomic mass is 32.2. The molecule has 0 saturated carbocycles. The van der Waals surface area contributed by atoms with Crippen molar-refractivity contribution in [2.75, 3.05) is 57.9 Å². The average molecular weight is 347 g/mol. The first-order valence-corrected chi connectivity index (χ1v) is 9.72. The van der Waals surface area contributed by atoms with E-state index < -0.39 is 9.84 Å². The topological polar surface area (TPSA) is 96.0 Å². The predicted molar refractivity (Wildman–Crippen MR) is 84.7 cm³/mol. The zero-order valence-electron chi connectivity index (χ0n) is 13.5. The van der Waals surface area contributed by atoms with Gasteiger partial charge in [0.15, 0.2) is 9.84 Å². The van der Waals surface area contributed by atoms with Crippen molar-refractivity contribution in [3.05, 3.63) is 0 Å². The molecule has 2 rings (SSSR count). The average Bonchev–Trinajstić information content (AvgIpc) is 2.87. The lowest BCUT2D eigenvalue weighted by molar-refractivity contribution is -0.136. The number of nitrogens with one attached hydrogen (secondary N) is 1. The Kier molecular flexibility index (Phi) is 6.37. The number of nitrogens with zero attached hydrogens (tertiary/aromatic N) is 2. The van der Waals surface area contributed by atoms with E-state index in [-0.39, 0.29) is 35.8 Å². The number of hydrogen-bond donors (Lipinski definition) is 1. The van der Waals surface area contributed by atoms with Crippen LogP contribution in [0.25, 0.3) is 0 Å². The summed E-state index contributed by atoms with van der Waals surface area (Å²) in [5.41, 5.74) is 0. The van der Waals surface area contributed by atoms with Crippen LogP contribution in [0.3, 0.4) is 0 Å². The van der Waals surface area contributed by atoms with E-state index >= 15 is 0 Å². The smallest absolute Gasteiger partial charge is 0.232 e. The molecule has 0 aromatic carbocycles. The summed E-state index contributed by atoms with van der Waals surface area (Å²) in [6, 6.07) is -0.311. The second-order valence-electron chi connectivity index (χ2n) is 6.04. The summed E-state index contributed by atoms with van der Waals surface area (Å²) < 4.78 is 28.1. The van der Waals surface area contributed by atoms with E-state index in [1.807, 2.05) is 0 Å². The summed E-state index contributed by atoms with van der Waals surface area (Å²) in [7, 11) is -1.47. The first-order chi connectivity index (χ1) is 10.9. The molecule has 132 valence electrons. The fraction of sp³-hybridized carbons (Fsp3) is 0.857. The fourth-order valence-electron chi connectivity index (χ4n) is 2.79. The number of ether oxygens (including phenoxy) is 1. The molecule has 8 nitrogen and oxygen atoms in total. The number of amides is 2. The molecule has 0 aromatic heterocycles. The maximum absolute atomic E-state index is 12.1. The van der Waals surface area contributed by atoms with Crippen molar-refractivity contribution in [3.8, 4) is 0 Å². The van der Waals surface area contributed by atoms with Crippen molar-refractivity contribution in [3.63, 3.8) is 0 Å². The summed E-state index contributed by atoms with van der Waals surface area (Å²) in [5, 5.41) is 2.74. The summed E-state index contributed by atoms with van der Waals surface area (Å²) in [5.74, 6) is -0.554. The van der Waals surface area contributed by atoms with Crippen molar-refractivity contribution < 1.29 is 22.7 Å². The number of sulfone groups is 1. The Morgan fingerprint density at radius 1 is 1.30 bits per heavy atom. The lowest BCUT2D eigenvalue weighted by Gasteiger charge is -2.26. The molecule has 1 N–H and O–H groups in total. The molecule has 1 atom stereocenters. The quantitative estimate of drug-likeness (QED) is 0.586. The Balaban J connectivity index is 1.66. The molecule has 2 fully saturated rings. The molecule has 9 heteroatoms. The highest BCUT2D eigenvalue weighted by Crippen LogP contribution is 2.17. The van der Waals surface area contributed by atoms with E-state index in [1.54, 1.807) is 7.05 Å². The fourth-order valence-corrected chi connectivity index (χ4v) is 4.56. The van der Waals surface area contributed by atoms with Crippen LogP contribution < -0.4 is 5.32 Å². The molecule has 0 spiro atoms. The van der Waals surface area contributed by atoms with E-state index in [2.05, 4.69) is 10.2 Å². The van der Waals surface area contributed by atoms with Crippen molar-refractivity contribution in [1.29, 1.82) is 0 Å². The van der Waals surface area contributed by atoms with Gasteiger partial charge < -0.3 is 15.0 Å². The number of hydrogen-bond acceptors (Lipinski definition) is 6. The minimum atomic E-state index is -3.04. The summed E-state index contributed by atoms with van der Waals surface area (Å²) in [6.45, 7) is 4.36. The van der Waals surface area contributed by atoms with Crippen molar-refractivity contribution in [2.24, 2.45) is 0 Å². The molecule has 0 radical (unpaired) electrons. The molecule has 2 aliphatic rings. The molecular weight excluding hydrogens is 322 g/mol. The second-order valence-corrected chi connectivity index (χ2v) is 8.27. The van der Waals surface area contributed by atoms with E-state index in [0.29, 0.717) is 26.2 Å². The number of carbonyl (C=O) groups excluding carboxylic acids is 2. The van der Waals surface area contributed by atoms with Gasteiger partial charge in [-0.15, -0.1) is 0 Å². The summed E-state index contributed by atoms with van der Waals surface area (Å²) in [6.07, 6.45) is 0.208. The second kappa shape index (κ2) is 8.07. The number of morpholine rings is 1. The van der Waals surface area contributed by atoms with Crippen LogP contribution in [0.1, 0.15) is 12.8 Å². The first kappa shape index (κ1) is 18.2. The monoisotopic (exact) mass is 347 g/mol. The normalized spacial score (nSPS) is 24.3. The van der Waals surface area contributed by atoms with Gasteiger partial charge in [0.1, 0.15) is 6.42 Å². The van der Waals surface area contributed by atoms with E-state index in [1.165, 1.54) is 4.90 Å².